The molecule has 1 unspecified atom stereocenters. The molecule has 86 valence electrons. The second kappa shape index (κ2) is 5.58. The maximum Gasteiger partial charge on any atom is 0.112 e. The molecule has 0 bridgehead atoms. The second-order valence-electron chi connectivity index (χ2n) is 4.39. The minimum absolute atomic E-state index is 0.0699. The number of hydrogen-bond acceptors (Lipinski definition) is 4. The maximum absolute atomic E-state index is 5.97. The first kappa shape index (κ1) is 12.6. The van der Waals surface area contributed by atoms with Gasteiger partial charge >= 0.3 is 0 Å². The Hall–Kier alpha value is -0.450. The highest BCUT2D eigenvalue weighted by atomic mass is 32.1. The highest BCUT2D eigenvalue weighted by Crippen LogP contribution is 2.21. The highest BCUT2D eigenvalue weighted by Gasteiger charge is 2.22. The van der Waals surface area contributed by atoms with Crippen molar-refractivity contribution < 1.29 is 0 Å². The number of thiazole rings is 1. The Labute approximate surface area is 96.1 Å². The van der Waals surface area contributed by atoms with Crippen LogP contribution in [0.15, 0.2) is 11.6 Å². The average Bonchev–Trinajstić information content (AvgIpc) is 2.69. The quantitative estimate of drug-likeness (QED) is 0.782. The molecule has 3 N–H and O–H groups in total. The molecule has 0 aromatic carbocycles. The van der Waals surface area contributed by atoms with Gasteiger partial charge in [0.25, 0.3) is 0 Å². The summed E-state index contributed by atoms with van der Waals surface area (Å²) in [5, 5.41) is 6.59. The van der Waals surface area contributed by atoms with Crippen molar-refractivity contribution in [1.82, 2.24) is 10.3 Å². The van der Waals surface area contributed by atoms with Gasteiger partial charge in [-0.3, -0.25) is 0 Å². The molecule has 15 heavy (non-hydrogen) atoms. The molecule has 0 radical (unpaired) electrons. The third kappa shape index (κ3) is 3.89. The molecule has 0 saturated heterocycles. The lowest BCUT2D eigenvalue weighted by Gasteiger charge is -2.25. The van der Waals surface area contributed by atoms with Crippen LogP contribution in [0.25, 0.3) is 0 Å². The van der Waals surface area contributed by atoms with Gasteiger partial charge in [-0.25, -0.2) is 4.98 Å². The SMILES string of the molecule is CCCC(N)CNC(C)(C)c1nccs1. The van der Waals surface area contributed by atoms with Crippen LogP contribution in [0.4, 0.5) is 0 Å². The normalized spacial score (nSPS) is 14.1. The summed E-state index contributed by atoms with van der Waals surface area (Å²) in [6.45, 7) is 7.29. The molecule has 3 nitrogen and oxygen atoms in total. The van der Waals surface area contributed by atoms with Crippen LogP contribution in [-0.4, -0.2) is 17.6 Å². The van der Waals surface area contributed by atoms with Gasteiger partial charge < -0.3 is 11.1 Å². The summed E-state index contributed by atoms with van der Waals surface area (Å²) in [4.78, 5) is 4.33. The van der Waals surface area contributed by atoms with Crippen LogP contribution < -0.4 is 11.1 Å². The number of nitrogens with zero attached hydrogens (tertiary/aromatic N) is 1. The number of nitrogens with one attached hydrogen (secondary N) is 1. The van der Waals surface area contributed by atoms with Crippen LogP contribution >= 0.6 is 11.3 Å². The van der Waals surface area contributed by atoms with E-state index in [1.807, 2.05) is 11.6 Å². The van der Waals surface area contributed by atoms with E-state index in [1.54, 1.807) is 11.3 Å². The van der Waals surface area contributed by atoms with E-state index in [1.165, 1.54) is 0 Å². The molecule has 1 aromatic heterocycles. The van der Waals surface area contributed by atoms with Crippen molar-refractivity contribution in [2.24, 2.45) is 5.73 Å². The lowest BCUT2D eigenvalue weighted by molar-refractivity contribution is 0.377. The fraction of sp³-hybridized carbons (Fsp3) is 0.727. The summed E-state index contributed by atoms with van der Waals surface area (Å²) in [7, 11) is 0. The smallest absolute Gasteiger partial charge is 0.112 e. The van der Waals surface area contributed by atoms with Gasteiger partial charge in [-0.2, -0.15) is 0 Å². The van der Waals surface area contributed by atoms with Crippen molar-refractivity contribution in [3.8, 4) is 0 Å². The maximum atomic E-state index is 5.97. The van der Waals surface area contributed by atoms with E-state index in [2.05, 4.69) is 31.1 Å². The summed E-state index contributed by atoms with van der Waals surface area (Å²) in [6, 6.07) is 0.245. The van der Waals surface area contributed by atoms with E-state index in [0.29, 0.717) is 0 Å². The van der Waals surface area contributed by atoms with Gasteiger partial charge in [0.1, 0.15) is 5.01 Å². The highest BCUT2D eigenvalue weighted by molar-refractivity contribution is 7.09. The molecule has 0 spiro atoms. The predicted molar refractivity (Wildman–Crippen MR) is 66.0 cm³/mol. The Balaban J connectivity index is 2.43. The number of rotatable bonds is 6. The molecule has 4 heteroatoms. The number of nitrogens with two attached hydrogens (primary N) is 1. The van der Waals surface area contributed by atoms with E-state index in [4.69, 9.17) is 5.73 Å². The monoisotopic (exact) mass is 227 g/mol. The van der Waals surface area contributed by atoms with E-state index in [-0.39, 0.29) is 11.6 Å². The van der Waals surface area contributed by atoms with Crippen LogP contribution in [0.5, 0.6) is 0 Å². The second-order valence-corrected chi connectivity index (χ2v) is 5.29. The third-order valence-electron chi connectivity index (χ3n) is 2.43. The summed E-state index contributed by atoms with van der Waals surface area (Å²) >= 11 is 1.68. The number of hydrogen-bond donors (Lipinski definition) is 2. The zero-order chi connectivity index (χ0) is 11.3. The molecular weight excluding hydrogens is 206 g/mol. The van der Waals surface area contributed by atoms with E-state index < -0.39 is 0 Å². The molecule has 0 aliphatic rings. The fourth-order valence-corrected chi connectivity index (χ4v) is 2.21. The van der Waals surface area contributed by atoms with E-state index >= 15 is 0 Å². The molecule has 1 aromatic rings. The van der Waals surface area contributed by atoms with Crippen LogP contribution in [0.2, 0.25) is 0 Å². The van der Waals surface area contributed by atoms with Crippen LogP contribution in [0, 0.1) is 0 Å². The summed E-state index contributed by atoms with van der Waals surface area (Å²) in [5.74, 6) is 0. The Kier molecular flexibility index (Phi) is 4.70. The Morgan fingerprint density at radius 2 is 2.33 bits per heavy atom. The van der Waals surface area contributed by atoms with Gasteiger partial charge in [-0.15, -0.1) is 11.3 Å². The van der Waals surface area contributed by atoms with Gasteiger partial charge in [0.15, 0.2) is 0 Å². The summed E-state index contributed by atoms with van der Waals surface area (Å²) in [5.41, 5.74) is 5.90. The number of aromatic nitrogens is 1. The van der Waals surface area contributed by atoms with Crippen molar-refractivity contribution in [2.75, 3.05) is 6.54 Å². The lowest BCUT2D eigenvalue weighted by atomic mass is 10.1. The van der Waals surface area contributed by atoms with Crippen molar-refractivity contribution in [3.05, 3.63) is 16.6 Å². The molecule has 1 heterocycles. The Bertz CT molecular complexity index is 269. The first-order valence-corrected chi connectivity index (χ1v) is 6.35. The zero-order valence-electron chi connectivity index (χ0n) is 9.79. The molecule has 0 saturated carbocycles. The third-order valence-corrected chi connectivity index (χ3v) is 3.53. The molecular formula is C11H21N3S. The standard InChI is InChI=1S/C11H21N3S/c1-4-5-9(12)8-14-11(2,3)10-13-6-7-15-10/h6-7,9,14H,4-5,8,12H2,1-3H3. The van der Waals surface area contributed by atoms with Crippen LogP contribution in [0.1, 0.15) is 38.6 Å². The van der Waals surface area contributed by atoms with Crippen molar-refractivity contribution in [1.29, 1.82) is 0 Å². The van der Waals surface area contributed by atoms with E-state index in [9.17, 15) is 0 Å². The summed E-state index contributed by atoms with van der Waals surface area (Å²) < 4.78 is 0. The topological polar surface area (TPSA) is 50.9 Å². The fourth-order valence-electron chi connectivity index (χ4n) is 1.47. The molecule has 1 rings (SSSR count). The van der Waals surface area contributed by atoms with Gasteiger partial charge in [-0.05, 0) is 20.3 Å². The van der Waals surface area contributed by atoms with Gasteiger partial charge in [0.05, 0.1) is 5.54 Å². The predicted octanol–water partition coefficient (Wildman–Crippen LogP) is 2.10. The zero-order valence-corrected chi connectivity index (χ0v) is 10.6. The van der Waals surface area contributed by atoms with Crippen molar-refractivity contribution >= 4 is 11.3 Å². The average molecular weight is 227 g/mol. The Morgan fingerprint density at radius 3 is 2.87 bits per heavy atom. The van der Waals surface area contributed by atoms with Gasteiger partial charge in [0, 0.05) is 24.2 Å². The first-order valence-electron chi connectivity index (χ1n) is 5.47. The molecule has 0 amide bonds. The van der Waals surface area contributed by atoms with Crippen LogP contribution in [-0.2, 0) is 5.54 Å². The first-order chi connectivity index (χ1) is 7.06. The summed E-state index contributed by atoms with van der Waals surface area (Å²) in [6.07, 6.45) is 4.05. The van der Waals surface area contributed by atoms with Crippen molar-refractivity contribution in [2.45, 2.75) is 45.2 Å². The molecule has 0 fully saturated rings. The Morgan fingerprint density at radius 1 is 1.60 bits per heavy atom. The van der Waals surface area contributed by atoms with Gasteiger partial charge in [0.2, 0.25) is 0 Å². The molecule has 0 aliphatic carbocycles. The minimum atomic E-state index is -0.0699. The minimum Gasteiger partial charge on any atom is -0.327 e. The lowest BCUT2D eigenvalue weighted by Crippen LogP contribution is -2.43. The molecule has 0 aliphatic heterocycles. The largest absolute Gasteiger partial charge is 0.327 e. The van der Waals surface area contributed by atoms with Crippen LogP contribution in [0.3, 0.4) is 0 Å². The van der Waals surface area contributed by atoms with Gasteiger partial charge in [-0.1, -0.05) is 13.3 Å². The van der Waals surface area contributed by atoms with Crippen molar-refractivity contribution in [3.63, 3.8) is 0 Å². The van der Waals surface area contributed by atoms with E-state index in [0.717, 1.165) is 24.4 Å². The molecule has 1 atom stereocenters.